The van der Waals surface area contributed by atoms with E-state index >= 15 is 0 Å². The van der Waals surface area contributed by atoms with Gasteiger partial charge < -0.3 is 5.32 Å². The number of alkyl halides is 6. The summed E-state index contributed by atoms with van der Waals surface area (Å²) < 4.78 is 77.4. The summed E-state index contributed by atoms with van der Waals surface area (Å²) in [6.07, 6.45) is -6.24. The number of carbonyl (C=O) groups is 1. The molecule has 0 heterocycles. The highest BCUT2D eigenvalue weighted by atomic mass is 19.4. The summed E-state index contributed by atoms with van der Waals surface area (Å²) >= 11 is 0. The quantitative estimate of drug-likeness (QED) is 0.643. The molecule has 2 nitrogen and oxygen atoms in total. The van der Waals surface area contributed by atoms with Crippen molar-refractivity contribution in [3.05, 3.63) is 64.2 Å². The van der Waals surface area contributed by atoms with E-state index in [9.17, 15) is 31.1 Å². The SMILES string of the molecule is O=C(Nc1cc(C(F)(F)F)cc(C(F)(F)F)c1)c1ccc2c(c1)CCCC2. The number of amides is 1. The van der Waals surface area contributed by atoms with Crippen LogP contribution in [0.5, 0.6) is 0 Å². The van der Waals surface area contributed by atoms with Gasteiger partial charge in [-0.05, 0) is 67.1 Å². The van der Waals surface area contributed by atoms with Crippen LogP contribution in [-0.4, -0.2) is 5.91 Å². The number of halogens is 6. The van der Waals surface area contributed by atoms with E-state index in [-0.39, 0.29) is 11.6 Å². The zero-order chi connectivity index (χ0) is 19.8. The Labute approximate surface area is 151 Å². The van der Waals surface area contributed by atoms with Crippen LogP contribution in [0.4, 0.5) is 32.0 Å². The number of hydrogen-bond acceptors (Lipinski definition) is 1. The molecule has 1 amide bonds. The molecular formula is C19H15F6NO. The third kappa shape index (κ3) is 4.43. The fourth-order valence-corrected chi connectivity index (χ4v) is 3.11. The minimum Gasteiger partial charge on any atom is -0.322 e. The molecule has 0 aromatic heterocycles. The lowest BCUT2D eigenvalue weighted by Crippen LogP contribution is -2.16. The van der Waals surface area contributed by atoms with Crippen LogP contribution in [0.2, 0.25) is 0 Å². The first-order chi connectivity index (χ1) is 12.5. The van der Waals surface area contributed by atoms with Gasteiger partial charge in [-0.15, -0.1) is 0 Å². The van der Waals surface area contributed by atoms with Gasteiger partial charge in [-0.25, -0.2) is 0 Å². The van der Waals surface area contributed by atoms with Crippen LogP contribution in [0, 0.1) is 0 Å². The number of benzene rings is 2. The van der Waals surface area contributed by atoms with Crippen LogP contribution in [0.15, 0.2) is 36.4 Å². The van der Waals surface area contributed by atoms with Crippen LogP contribution < -0.4 is 5.32 Å². The monoisotopic (exact) mass is 387 g/mol. The minimum absolute atomic E-state index is 0.0224. The number of aryl methyl sites for hydroxylation is 2. The van der Waals surface area contributed by atoms with Gasteiger partial charge in [-0.1, -0.05) is 6.07 Å². The Hall–Kier alpha value is -2.51. The molecule has 3 rings (SSSR count). The number of rotatable bonds is 2. The second kappa shape index (κ2) is 6.90. The molecule has 144 valence electrons. The molecule has 0 radical (unpaired) electrons. The average Bonchev–Trinajstić information content (AvgIpc) is 2.59. The largest absolute Gasteiger partial charge is 0.416 e. The van der Waals surface area contributed by atoms with Crippen molar-refractivity contribution in [1.82, 2.24) is 0 Å². The average molecular weight is 387 g/mol. The van der Waals surface area contributed by atoms with E-state index in [1.54, 1.807) is 12.1 Å². The highest BCUT2D eigenvalue weighted by molar-refractivity contribution is 6.04. The normalized spacial score (nSPS) is 14.6. The van der Waals surface area contributed by atoms with E-state index < -0.39 is 35.1 Å². The Balaban J connectivity index is 1.91. The number of carbonyl (C=O) groups excluding carboxylic acids is 1. The summed E-state index contributed by atoms with van der Waals surface area (Å²) in [6, 6.07) is 5.95. The fraction of sp³-hybridized carbons (Fsp3) is 0.316. The molecule has 0 aliphatic heterocycles. The zero-order valence-corrected chi connectivity index (χ0v) is 14.0. The van der Waals surface area contributed by atoms with E-state index in [1.807, 2.05) is 0 Å². The van der Waals surface area contributed by atoms with Crippen molar-refractivity contribution >= 4 is 11.6 Å². The Kier molecular flexibility index (Phi) is 4.92. The smallest absolute Gasteiger partial charge is 0.322 e. The van der Waals surface area contributed by atoms with E-state index in [2.05, 4.69) is 5.32 Å². The third-order valence-electron chi connectivity index (χ3n) is 4.46. The van der Waals surface area contributed by atoms with Crippen molar-refractivity contribution < 1.29 is 31.1 Å². The molecule has 27 heavy (non-hydrogen) atoms. The van der Waals surface area contributed by atoms with Gasteiger partial charge >= 0.3 is 12.4 Å². The molecule has 0 spiro atoms. The van der Waals surface area contributed by atoms with E-state index in [1.165, 1.54) is 6.07 Å². The lowest BCUT2D eigenvalue weighted by molar-refractivity contribution is -0.143. The van der Waals surface area contributed by atoms with Gasteiger partial charge in [-0.2, -0.15) is 26.3 Å². The standard InChI is InChI=1S/C19H15F6NO/c20-18(21,22)14-8-15(19(23,24)25)10-16(9-14)26-17(27)13-6-5-11-3-1-2-4-12(11)7-13/h5-10H,1-4H2,(H,26,27). The van der Waals surface area contributed by atoms with Crippen molar-refractivity contribution in [2.24, 2.45) is 0 Å². The van der Waals surface area contributed by atoms with Crippen LogP contribution in [-0.2, 0) is 25.2 Å². The Morgan fingerprint density at radius 3 is 1.89 bits per heavy atom. The summed E-state index contributed by atoms with van der Waals surface area (Å²) in [5.41, 5.74) is -1.22. The van der Waals surface area contributed by atoms with Gasteiger partial charge in [-0.3, -0.25) is 4.79 Å². The Bertz CT molecular complexity index is 837. The maximum Gasteiger partial charge on any atom is 0.416 e. The van der Waals surface area contributed by atoms with Crippen molar-refractivity contribution in [3.8, 4) is 0 Å². The molecule has 1 aliphatic rings. The lowest BCUT2D eigenvalue weighted by Gasteiger charge is -2.17. The van der Waals surface area contributed by atoms with Crippen molar-refractivity contribution in [1.29, 1.82) is 0 Å². The van der Waals surface area contributed by atoms with Crippen molar-refractivity contribution in [2.75, 3.05) is 5.32 Å². The highest BCUT2D eigenvalue weighted by Crippen LogP contribution is 2.37. The second-order valence-corrected chi connectivity index (χ2v) is 6.44. The summed E-state index contributed by atoms with van der Waals surface area (Å²) in [7, 11) is 0. The first-order valence-electron chi connectivity index (χ1n) is 8.27. The fourth-order valence-electron chi connectivity index (χ4n) is 3.11. The van der Waals surface area contributed by atoms with E-state index in [4.69, 9.17) is 0 Å². The van der Waals surface area contributed by atoms with Gasteiger partial charge in [0, 0.05) is 11.3 Å². The predicted octanol–water partition coefficient (Wildman–Crippen LogP) is 5.86. The molecule has 0 unspecified atom stereocenters. The molecular weight excluding hydrogens is 372 g/mol. The molecule has 0 saturated carbocycles. The molecule has 1 aliphatic carbocycles. The summed E-state index contributed by atoms with van der Waals surface area (Å²) in [4.78, 5) is 12.3. The summed E-state index contributed by atoms with van der Waals surface area (Å²) in [5.74, 6) is -0.754. The maximum atomic E-state index is 12.9. The first-order valence-corrected chi connectivity index (χ1v) is 8.27. The van der Waals surface area contributed by atoms with Crippen molar-refractivity contribution in [2.45, 2.75) is 38.0 Å². The molecule has 0 saturated heterocycles. The second-order valence-electron chi connectivity index (χ2n) is 6.44. The van der Waals surface area contributed by atoms with Crippen LogP contribution in [0.3, 0.4) is 0 Å². The molecule has 0 atom stereocenters. The van der Waals surface area contributed by atoms with Gasteiger partial charge in [0.15, 0.2) is 0 Å². The maximum absolute atomic E-state index is 12.9. The lowest BCUT2D eigenvalue weighted by atomic mass is 9.90. The van der Waals surface area contributed by atoms with E-state index in [0.29, 0.717) is 12.1 Å². The molecule has 2 aromatic rings. The van der Waals surface area contributed by atoms with Crippen molar-refractivity contribution in [3.63, 3.8) is 0 Å². The number of anilines is 1. The van der Waals surface area contributed by atoms with Crippen LogP contribution in [0.1, 0.15) is 45.5 Å². The first kappa shape index (κ1) is 19.3. The molecule has 0 fully saturated rings. The van der Waals surface area contributed by atoms with E-state index in [0.717, 1.165) is 36.8 Å². The topological polar surface area (TPSA) is 29.1 Å². The zero-order valence-electron chi connectivity index (χ0n) is 14.0. The third-order valence-corrected chi connectivity index (χ3v) is 4.46. The Morgan fingerprint density at radius 2 is 1.33 bits per heavy atom. The minimum atomic E-state index is -4.97. The van der Waals surface area contributed by atoms with Gasteiger partial charge in [0.05, 0.1) is 11.1 Å². The summed E-state index contributed by atoms with van der Waals surface area (Å²) in [5, 5.41) is 2.15. The van der Waals surface area contributed by atoms with Crippen LogP contribution in [0.25, 0.3) is 0 Å². The van der Waals surface area contributed by atoms with Crippen LogP contribution >= 0.6 is 0 Å². The number of nitrogens with one attached hydrogen (secondary N) is 1. The highest BCUT2D eigenvalue weighted by Gasteiger charge is 2.37. The summed E-state index contributed by atoms with van der Waals surface area (Å²) in [6.45, 7) is 0. The number of hydrogen-bond donors (Lipinski definition) is 1. The number of fused-ring (bicyclic) bond motifs is 1. The van der Waals surface area contributed by atoms with Gasteiger partial charge in [0.25, 0.3) is 5.91 Å². The predicted molar refractivity (Wildman–Crippen MR) is 87.5 cm³/mol. The van der Waals surface area contributed by atoms with Gasteiger partial charge in [0.1, 0.15) is 0 Å². The molecule has 0 bridgehead atoms. The molecule has 1 N–H and O–H groups in total. The Morgan fingerprint density at radius 1 is 0.778 bits per heavy atom. The molecule has 2 aromatic carbocycles. The van der Waals surface area contributed by atoms with Gasteiger partial charge in [0.2, 0.25) is 0 Å². The molecule has 8 heteroatoms.